The van der Waals surface area contributed by atoms with E-state index in [1.165, 1.54) is 0 Å². The van der Waals surface area contributed by atoms with Crippen LogP contribution < -0.4 is 0 Å². The Morgan fingerprint density at radius 2 is 2.25 bits per heavy atom. The summed E-state index contributed by atoms with van der Waals surface area (Å²) in [4.78, 5) is 0. The van der Waals surface area contributed by atoms with Crippen molar-refractivity contribution in [3.05, 3.63) is 0 Å². The van der Waals surface area contributed by atoms with Crippen LogP contribution in [0.3, 0.4) is 0 Å². The van der Waals surface area contributed by atoms with Crippen molar-refractivity contribution >= 4 is 19.6 Å². The molecular weight excluding hydrogens is 78.3 g/mol. The number of hydrogen-bond acceptors (Lipinski definition) is 2. The molecular formula is HBClO2. The van der Waals surface area contributed by atoms with Crippen molar-refractivity contribution in [3.8, 4) is 0 Å². The maximum absolute atomic E-state index is 7.40. The molecule has 4 heavy (non-hydrogen) atoms. The van der Waals surface area contributed by atoms with Crippen molar-refractivity contribution in [2.75, 3.05) is 0 Å². The molecule has 0 fully saturated rings. The summed E-state index contributed by atoms with van der Waals surface area (Å²) >= 11 is 4.38. The Morgan fingerprint density at radius 1 is 2.00 bits per heavy atom. The predicted octanol–water partition coefficient (Wildman–Crippen LogP) is -0.317. The summed E-state index contributed by atoms with van der Waals surface area (Å²) in [6.07, 6.45) is 0. The average molecular weight is 79.3 g/mol. The zero-order valence-corrected chi connectivity index (χ0v) is 2.57. The number of rotatable bonds is 1. The van der Waals surface area contributed by atoms with E-state index in [4.69, 9.17) is 5.02 Å². The summed E-state index contributed by atoms with van der Waals surface area (Å²) < 4.78 is 3.44. The zero-order valence-electron chi connectivity index (χ0n) is 1.81. The van der Waals surface area contributed by atoms with Gasteiger partial charge < -0.3 is 9.23 Å². The molecule has 0 aliphatic rings. The van der Waals surface area contributed by atoms with Gasteiger partial charge in [0.05, 0.1) is 0 Å². The average Bonchev–Trinajstić information content (AvgIpc) is 1.37. The highest BCUT2D eigenvalue weighted by Gasteiger charge is 1.69. The van der Waals surface area contributed by atoms with Gasteiger partial charge in [0.1, 0.15) is 0 Å². The van der Waals surface area contributed by atoms with E-state index >= 15 is 0 Å². The minimum Gasteiger partial charge on any atom is -0.428 e. The fourth-order valence-electron chi connectivity index (χ4n) is 0. The lowest BCUT2D eigenvalue weighted by molar-refractivity contribution is 0.479. The lowest BCUT2D eigenvalue weighted by Gasteiger charge is -1.65. The Balaban J connectivity index is 1.97. The van der Waals surface area contributed by atoms with Crippen LogP contribution in [0.25, 0.3) is 0 Å². The maximum atomic E-state index is 7.40. The third-order valence-electron chi connectivity index (χ3n) is 0.0398. The van der Waals surface area contributed by atoms with Gasteiger partial charge in [0.15, 0.2) is 0 Å². The second kappa shape index (κ2) is 3.27. The molecule has 0 bridgehead atoms. The fourth-order valence-corrected chi connectivity index (χ4v) is 0. The minimum atomic E-state index is 0.390. The highest BCUT2D eigenvalue weighted by atomic mass is 35.5. The van der Waals surface area contributed by atoms with Crippen molar-refractivity contribution in [3.63, 3.8) is 0 Å². The minimum absolute atomic E-state index is 0.390. The van der Waals surface area contributed by atoms with Gasteiger partial charge in [-0.15, -0.1) is 0 Å². The molecule has 0 saturated carbocycles. The largest absolute Gasteiger partial charge is 0.503 e. The molecule has 0 aromatic carbocycles. The van der Waals surface area contributed by atoms with Crippen molar-refractivity contribution < 1.29 is 9.23 Å². The van der Waals surface area contributed by atoms with Gasteiger partial charge in [-0.2, -0.15) is 0 Å². The molecule has 0 rings (SSSR count). The molecule has 23 valence electrons. The third-order valence-corrected chi connectivity index (χ3v) is 0.120. The van der Waals surface area contributed by atoms with Crippen molar-refractivity contribution in [2.45, 2.75) is 0 Å². The molecule has 0 spiro atoms. The second-order valence-electron chi connectivity index (χ2n) is 0.194. The van der Waals surface area contributed by atoms with E-state index in [2.05, 4.69) is 16.1 Å². The molecule has 0 saturated heterocycles. The second-order valence-corrected chi connectivity index (χ2v) is 0.373. The maximum Gasteiger partial charge on any atom is 0.503 e. The van der Waals surface area contributed by atoms with E-state index in [1.54, 1.807) is 0 Å². The Labute approximate surface area is 29.8 Å². The molecule has 0 aromatic rings. The lowest BCUT2D eigenvalue weighted by Crippen LogP contribution is -1.80. The van der Waals surface area contributed by atoms with Crippen LogP contribution in [0, 0.1) is 0 Å². The first kappa shape index (κ1) is 4.27. The van der Waals surface area contributed by atoms with Crippen LogP contribution in [0.15, 0.2) is 0 Å². The summed E-state index contributed by atoms with van der Waals surface area (Å²) in [5.74, 6) is 0. The predicted molar refractivity (Wildman–Crippen MR) is 14.9 cm³/mol. The molecule has 0 amide bonds. The first-order chi connectivity index (χ1) is 1.91. The molecule has 2 nitrogen and oxygen atoms in total. The number of hydrogen-bond donors (Lipinski definition) is 1. The summed E-state index contributed by atoms with van der Waals surface area (Å²) in [6, 6.07) is 0. The molecule has 1 radical (unpaired) electrons. The quantitative estimate of drug-likeness (QED) is 0.437. The van der Waals surface area contributed by atoms with E-state index in [1.807, 2.05) is 0 Å². The molecule has 0 aliphatic heterocycles. The molecule has 0 heterocycles. The van der Waals surface area contributed by atoms with Gasteiger partial charge >= 0.3 is 7.69 Å². The summed E-state index contributed by atoms with van der Waals surface area (Å²) in [5.41, 5.74) is 0. The monoisotopic (exact) mass is 79.0 g/mol. The van der Waals surface area contributed by atoms with Crippen LogP contribution in [-0.4, -0.2) is 12.7 Å². The van der Waals surface area contributed by atoms with Gasteiger partial charge in [-0.05, 0) is 0 Å². The SMILES string of the molecule is O[B]OCl. The van der Waals surface area contributed by atoms with Crippen molar-refractivity contribution in [2.24, 2.45) is 0 Å². The van der Waals surface area contributed by atoms with Gasteiger partial charge in [0.25, 0.3) is 0 Å². The van der Waals surface area contributed by atoms with Crippen LogP contribution in [0.2, 0.25) is 0 Å². The zero-order chi connectivity index (χ0) is 3.41. The van der Waals surface area contributed by atoms with Crippen molar-refractivity contribution in [1.29, 1.82) is 0 Å². The normalized spacial score (nSPS) is 6.50. The summed E-state index contributed by atoms with van der Waals surface area (Å²) in [5, 5.41) is 7.40. The van der Waals surface area contributed by atoms with Gasteiger partial charge in [0.2, 0.25) is 0 Å². The Kier molecular flexibility index (Phi) is 3.50. The van der Waals surface area contributed by atoms with Gasteiger partial charge in [-0.1, -0.05) is 0 Å². The van der Waals surface area contributed by atoms with Crippen LogP contribution >= 0.6 is 11.9 Å². The van der Waals surface area contributed by atoms with Crippen LogP contribution in [0.5, 0.6) is 0 Å². The van der Waals surface area contributed by atoms with E-state index in [0.29, 0.717) is 7.69 Å². The third kappa shape index (κ3) is 2.27. The van der Waals surface area contributed by atoms with E-state index < -0.39 is 0 Å². The molecule has 0 atom stereocenters. The first-order valence-corrected chi connectivity index (χ1v) is 0.957. The van der Waals surface area contributed by atoms with E-state index in [9.17, 15) is 0 Å². The molecule has 0 aromatic heterocycles. The van der Waals surface area contributed by atoms with Crippen LogP contribution in [0.1, 0.15) is 0 Å². The molecule has 4 heteroatoms. The van der Waals surface area contributed by atoms with Gasteiger partial charge in [-0.3, -0.25) is 0 Å². The van der Waals surface area contributed by atoms with E-state index in [-0.39, 0.29) is 0 Å². The highest BCUT2D eigenvalue weighted by Crippen LogP contribution is 1.64. The number of halogens is 1. The first-order valence-electron chi connectivity index (χ1n) is 0.648. The highest BCUT2D eigenvalue weighted by molar-refractivity contribution is 6.29. The van der Waals surface area contributed by atoms with Gasteiger partial charge in [-0.25, -0.2) is 0 Å². The Hall–Kier alpha value is 0.275. The fraction of sp³-hybridized carbons (Fsp3) is 0. The van der Waals surface area contributed by atoms with Gasteiger partial charge in [0, 0.05) is 11.9 Å². The molecule has 0 unspecified atom stereocenters. The Morgan fingerprint density at radius 3 is 2.25 bits per heavy atom. The smallest absolute Gasteiger partial charge is 0.428 e. The van der Waals surface area contributed by atoms with Crippen LogP contribution in [0.4, 0.5) is 0 Å². The summed E-state index contributed by atoms with van der Waals surface area (Å²) in [7, 11) is 0.390. The Bertz CT molecular complexity index is 8.00. The molecule has 0 aliphatic carbocycles. The summed E-state index contributed by atoms with van der Waals surface area (Å²) in [6.45, 7) is 0. The van der Waals surface area contributed by atoms with Crippen LogP contribution in [-0.2, 0) is 4.21 Å². The van der Waals surface area contributed by atoms with Crippen molar-refractivity contribution in [1.82, 2.24) is 0 Å². The lowest BCUT2D eigenvalue weighted by atomic mass is 10.5. The standard InChI is InChI=1S/BClHO2/c2-4-1-3/h3H. The molecule has 1 N–H and O–H groups in total. The topological polar surface area (TPSA) is 29.5 Å². The van der Waals surface area contributed by atoms with E-state index in [0.717, 1.165) is 0 Å².